The highest BCUT2D eigenvalue weighted by atomic mass is 127. The van der Waals surface area contributed by atoms with Crippen molar-refractivity contribution in [3.8, 4) is 6.07 Å². The molecule has 1 atom stereocenters. The lowest BCUT2D eigenvalue weighted by Crippen LogP contribution is -2.19. The average molecular weight is 402 g/mol. The summed E-state index contributed by atoms with van der Waals surface area (Å²) in [5.74, 6) is 0. The Hall–Kier alpha value is 0.120. The van der Waals surface area contributed by atoms with Gasteiger partial charge in [-0.3, -0.25) is 0 Å². The molecule has 1 rings (SSSR count). The van der Waals surface area contributed by atoms with Crippen LogP contribution >= 0.6 is 45.2 Å². The SMILES string of the molecule is N#CC(N)CCn1cnc(I)c1I. The van der Waals surface area contributed by atoms with Crippen LogP contribution in [0.5, 0.6) is 0 Å². The fourth-order valence-electron chi connectivity index (χ4n) is 0.841. The lowest BCUT2D eigenvalue weighted by molar-refractivity contribution is 0.596. The molecule has 0 radical (unpaired) electrons. The molecule has 1 unspecified atom stereocenters. The van der Waals surface area contributed by atoms with Crippen molar-refractivity contribution in [3.05, 3.63) is 13.7 Å². The number of aryl methyl sites for hydroxylation is 1. The molecule has 2 N–H and O–H groups in total. The van der Waals surface area contributed by atoms with Gasteiger partial charge in [0.15, 0.2) is 0 Å². The Morgan fingerprint density at radius 1 is 1.69 bits per heavy atom. The van der Waals surface area contributed by atoms with E-state index in [1.165, 1.54) is 0 Å². The minimum Gasteiger partial charge on any atom is -0.325 e. The molecule has 0 aromatic carbocycles. The Kier molecular flexibility index (Phi) is 4.40. The average Bonchev–Trinajstić information content (AvgIpc) is 2.44. The van der Waals surface area contributed by atoms with Crippen molar-refractivity contribution in [1.29, 1.82) is 5.26 Å². The van der Waals surface area contributed by atoms with Crippen LogP contribution in [0.15, 0.2) is 6.33 Å². The number of nitrogens with zero attached hydrogens (tertiary/aromatic N) is 3. The van der Waals surface area contributed by atoms with Crippen LogP contribution in [-0.4, -0.2) is 15.6 Å². The Balaban J connectivity index is 2.56. The molecule has 13 heavy (non-hydrogen) atoms. The first-order valence-electron chi connectivity index (χ1n) is 3.66. The molecule has 1 aromatic heterocycles. The molecular formula is C7H8I2N4. The first-order chi connectivity index (χ1) is 6.15. The first-order valence-corrected chi connectivity index (χ1v) is 5.82. The zero-order valence-electron chi connectivity index (χ0n) is 6.74. The van der Waals surface area contributed by atoms with E-state index in [2.05, 4.69) is 50.2 Å². The minimum atomic E-state index is -0.379. The quantitative estimate of drug-likeness (QED) is 0.777. The van der Waals surface area contributed by atoms with E-state index in [4.69, 9.17) is 11.0 Å². The molecule has 0 aliphatic carbocycles. The number of hydrogen-bond donors (Lipinski definition) is 1. The second-order valence-corrected chi connectivity index (χ2v) is 4.59. The maximum absolute atomic E-state index is 8.48. The normalized spacial score (nSPS) is 12.5. The summed E-state index contributed by atoms with van der Waals surface area (Å²) < 4.78 is 4.09. The third kappa shape index (κ3) is 3.07. The van der Waals surface area contributed by atoms with E-state index < -0.39 is 0 Å². The van der Waals surface area contributed by atoms with E-state index in [9.17, 15) is 0 Å². The van der Waals surface area contributed by atoms with Gasteiger partial charge in [0.2, 0.25) is 0 Å². The fourth-order valence-corrected chi connectivity index (χ4v) is 1.78. The number of halogens is 2. The molecule has 1 aromatic rings. The molecule has 0 saturated carbocycles. The second-order valence-electron chi connectivity index (χ2n) is 2.54. The van der Waals surface area contributed by atoms with Gasteiger partial charge in [0, 0.05) is 6.54 Å². The second kappa shape index (κ2) is 5.11. The van der Waals surface area contributed by atoms with Gasteiger partial charge in [-0.1, -0.05) is 0 Å². The van der Waals surface area contributed by atoms with Gasteiger partial charge in [0.25, 0.3) is 0 Å². The Bertz CT molecular complexity index is 328. The standard InChI is InChI=1S/C7H8I2N4/c8-6-7(9)13(4-12-6)2-1-5(11)3-10/h4-5H,1-2,11H2. The predicted molar refractivity (Wildman–Crippen MR) is 65.9 cm³/mol. The Morgan fingerprint density at radius 3 is 2.85 bits per heavy atom. The molecule has 0 aliphatic heterocycles. The lowest BCUT2D eigenvalue weighted by Gasteiger charge is -2.04. The van der Waals surface area contributed by atoms with E-state index in [0.29, 0.717) is 6.42 Å². The van der Waals surface area contributed by atoms with E-state index in [0.717, 1.165) is 13.9 Å². The summed E-state index contributed by atoms with van der Waals surface area (Å²) in [6, 6.07) is 1.62. The van der Waals surface area contributed by atoms with Gasteiger partial charge in [0.1, 0.15) is 7.40 Å². The Labute approximate surface area is 104 Å². The molecule has 0 bridgehead atoms. The largest absolute Gasteiger partial charge is 0.325 e. The molecule has 0 spiro atoms. The smallest absolute Gasteiger partial charge is 0.132 e. The molecule has 0 saturated heterocycles. The topological polar surface area (TPSA) is 67.6 Å². The first kappa shape index (κ1) is 11.2. The molecule has 0 amide bonds. The monoisotopic (exact) mass is 402 g/mol. The number of nitriles is 1. The van der Waals surface area contributed by atoms with Gasteiger partial charge in [-0.2, -0.15) is 5.26 Å². The summed E-state index contributed by atoms with van der Waals surface area (Å²) in [5.41, 5.74) is 5.48. The maximum atomic E-state index is 8.48. The van der Waals surface area contributed by atoms with E-state index >= 15 is 0 Å². The maximum Gasteiger partial charge on any atom is 0.132 e. The van der Waals surface area contributed by atoms with Gasteiger partial charge < -0.3 is 10.3 Å². The molecule has 0 fully saturated rings. The van der Waals surface area contributed by atoms with Crippen LogP contribution in [-0.2, 0) is 6.54 Å². The highest BCUT2D eigenvalue weighted by Gasteiger charge is 2.06. The third-order valence-electron chi connectivity index (χ3n) is 1.58. The number of aromatic nitrogens is 2. The Morgan fingerprint density at radius 2 is 2.38 bits per heavy atom. The third-order valence-corrected chi connectivity index (χ3v) is 4.53. The van der Waals surface area contributed by atoms with E-state index in [1.54, 1.807) is 6.33 Å². The zero-order chi connectivity index (χ0) is 9.84. The number of imidazole rings is 1. The van der Waals surface area contributed by atoms with Crippen LogP contribution in [0.3, 0.4) is 0 Å². The zero-order valence-corrected chi connectivity index (χ0v) is 11.1. The van der Waals surface area contributed by atoms with Gasteiger partial charge in [-0.25, -0.2) is 4.98 Å². The van der Waals surface area contributed by atoms with Crippen molar-refractivity contribution in [2.24, 2.45) is 5.73 Å². The molecule has 4 nitrogen and oxygen atoms in total. The van der Waals surface area contributed by atoms with E-state index in [-0.39, 0.29) is 6.04 Å². The predicted octanol–water partition coefficient (Wildman–Crippen LogP) is 1.33. The summed E-state index contributed by atoms with van der Waals surface area (Å²) in [6.07, 6.45) is 2.44. The summed E-state index contributed by atoms with van der Waals surface area (Å²) >= 11 is 4.40. The van der Waals surface area contributed by atoms with Crippen molar-refractivity contribution >= 4 is 45.2 Å². The van der Waals surface area contributed by atoms with Gasteiger partial charge in [0.05, 0.1) is 18.4 Å². The van der Waals surface area contributed by atoms with Crippen LogP contribution in [0, 0.1) is 18.7 Å². The number of nitrogens with two attached hydrogens (primary N) is 1. The van der Waals surface area contributed by atoms with Gasteiger partial charge in [-0.05, 0) is 51.6 Å². The van der Waals surface area contributed by atoms with Crippen molar-refractivity contribution in [2.45, 2.75) is 19.0 Å². The minimum absolute atomic E-state index is 0.379. The molecule has 0 aliphatic rings. The summed E-state index contributed by atoms with van der Waals surface area (Å²) in [7, 11) is 0. The summed E-state index contributed by atoms with van der Waals surface area (Å²) in [5, 5.41) is 8.48. The van der Waals surface area contributed by atoms with Crippen LogP contribution in [0.1, 0.15) is 6.42 Å². The number of hydrogen-bond acceptors (Lipinski definition) is 3. The van der Waals surface area contributed by atoms with Crippen LogP contribution in [0.25, 0.3) is 0 Å². The van der Waals surface area contributed by atoms with Crippen LogP contribution in [0.4, 0.5) is 0 Å². The molecule has 1 heterocycles. The van der Waals surface area contributed by atoms with E-state index in [1.807, 2.05) is 10.6 Å². The number of rotatable bonds is 3. The highest BCUT2D eigenvalue weighted by molar-refractivity contribution is 14.1. The van der Waals surface area contributed by atoms with Crippen LogP contribution in [0.2, 0.25) is 0 Å². The lowest BCUT2D eigenvalue weighted by atomic mass is 10.2. The molecule has 6 heteroatoms. The highest BCUT2D eigenvalue weighted by Crippen LogP contribution is 2.13. The molecule has 70 valence electrons. The molecular weight excluding hydrogens is 394 g/mol. The summed E-state index contributed by atoms with van der Waals surface area (Å²) in [4.78, 5) is 4.14. The van der Waals surface area contributed by atoms with Crippen LogP contribution < -0.4 is 5.73 Å². The van der Waals surface area contributed by atoms with Crippen molar-refractivity contribution in [3.63, 3.8) is 0 Å². The fraction of sp³-hybridized carbons (Fsp3) is 0.429. The summed E-state index contributed by atoms with van der Waals surface area (Å²) in [6.45, 7) is 0.753. The van der Waals surface area contributed by atoms with Crippen molar-refractivity contribution in [1.82, 2.24) is 9.55 Å². The van der Waals surface area contributed by atoms with Crippen molar-refractivity contribution in [2.75, 3.05) is 0 Å². The van der Waals surface area contributed by atoms with Gasteiger partial charge >= 0.3 is 0 Å². The van der Waals surface area contributed by atoms with Crippen molar-refractivity contribution < 1.29 is 0 Å². The van der Waals surface area contributed by atoms with Gasteiger partial charge in [-0.15, -0.1) is 0 Å².